The van der Waals surface area contributed by atoms with Gasteiger partial charge < -0.3 is 0 Å². The van der Waals surface area contributed by atoms with E-state index in [2.05, 4.69) is 15.9 Å². The minimum absolute atomic E-state index is 0.838. The quantitative estimate of drug-likeness (QED) is 0.521. The molecule has 0 N–H and O–H groups in total. The fourth-order valence-electron chi connectivity index (χ4n) is 0.566. The second kappa shape index (κ2) is 2.21. The topological polar surface area (TPSA) is 0 Å². The van der Waals surface area contributed by atoms with Crippen molar-refractivity contribution in [2.75, 3.05) is 0 Å². The summed E-state index contributed by atoms with van der Waals surface area (Å²) in [6.07, 6.45) is 5.24. The first-order chi connectivity index (χ1) is 4.13. The van der Waals surface area contributed by atoms with Crippen molar-refractivity contribution in [3.8, 4) is 0 Å². The van der Waals surface area contributed by atoms with Crippen molar-refractivity contribution < 1.29 is 8.78 Å². The molecular formula is C6H5BrF2. The normalized spacial score (nSPS) is 30.8. The van der Waals surface area contributed by atoms with Crippen molar-refractivity contribution >= 4 is 15.9 Å². The van der Waals surface area contributed by atoms with Crippen LogP contribution in [0.4, 0.5) is 8.78 Å². The summed E-state index contributed by atoms with van der Waals surface area (Å²) in [6, 6.07) is 0. The molecule has 0 aliphatic heterocycles. The number of rotatable bonds is 0. The van der Waals surface area contributed by atoms with Gasteiger partial charge in [-0.05, 0) is 6.08 Å². The van der Waals surface area contributed by atoms with Crippen LogP contribution >= 0.6 is 15.9 Å². The Kier molecular flexibility index (Phi) is 1.70. The van der Waals surface area contributed by atoms with Gasteiger partial charge in [-0.3, -0.25) is 0 Å². The van der Waals surface area contributed by atoms with Gasteiger partial charge in [0, 0.05) is 0 Å². The lowest BCUT2D eigenvalue weighted by atomic mass is 10.1. The van der Waals surface area contributed by atoms with Crippen LogP contribution in [-0.2, 0) is 0 Å². The highest BCUT2D eigenvalue weighted by Crippen LogP contribution is 2.29. The zero-order chi connectivity index (χ0) is 6.91. The maximum Gasteiger partial charge on any atom is 0.282 e. The van der Waals surface area contributed by atoms with Crippen molar-refractivity contribution in [3.63, 3.8) is 0 Å². The summed E-state index contributed by atoms with van der Waals surface area (Å²) in [5, 5.41) is 0. The van der Waals surface area contributed by atoms with Crippen LogP contribution < -0.4 is 0 Å². The lowest BCUT2D eigenvalue weighted by Gasteiger charge is -2.17. The second-order valence-electron chi connectivity index (χ2n) is 1.82. The van der Waals surface area contributed by atoms with E-state index in [0.717, 1.165) is 6.08 Å². The molecule has 1 atom stereocenters. The maximum absolute atomic E-state index is 12.4. The Bertz CT molecular complexity index is 160. The highest BCUT2D eigenvalue weighted by atomic mass is 79.9. The number of alkyl halides is 3. The van der Waals surface area contributed by atoms with E-state index in [1.807, 2.05) is 0 Å². The third-order valence-electron chi connectivity index (χ3n) is 1.08. The molecule has 1 aliphatic carbocycles. The van der Waals surface area contributed by atoms with Gasteiger partial charge in [0.25, 0.3) is 5.92 Å². The zero-order valence-electron chi connectivity index (χ0n) is 4.52. The molecule has 0 nitrogen and oxygen atoms in total. The Labute approximate surface area is 60.4 Å². The minimum atomic E-state index is -2.71. The Morgan fingerprint density at radius 2 is 2.00 bits per heavy atom. The number of allylic oxidation sites excluding steroid dienone is 4. The van der Waals surface area contributed by atoms with Crippen molar-refractivity contribution in [2.45, 2.75) is 10.7 Å². The van der Waals surface area contributed by atoms with E-state index >= 15 is 0 Å². The van der Waals surface area contributed by atoms with Crippen LogP contribution in [-0.4, -0.2) is 10.7 Å². The Morgan fingerprint density at radius 3 is 2.33 bits per heavy atom. The summed E-state index contributed by atoms with van der Waals surface area (Å²) in [5.41, 5.74) is 0. The predicted molar refractivity (Wildman–Crippen MR) is 35.9 cm³/mol. The molecule has 0 radical (unpaired) electrons. The molecule has 0 aromatic rings. The standard InChI is InChI=1S/C6H5BrF2/c7-5-3-1-2-4-6(5,8)9/h1-5H. The average molecular weight is 195 g/mol. The molecule has 0 spiro atoms. The molecule has 0 saturated carbocycles. The highest BCUT2D eigenvalue weighted by molar-refractivity contribution is 9.09. The molecule has 50 valence electrons. The van der Waals surface area contributed by atoms with Gasteiger partial charge in [-0.15, -0.1) is 0 Å². The Morgan fingerprint density at radius 1 is 1.33 bits per heavy atom. The van der Waals surface area contributed by atoms with Gasteiger partial charge in [0.15, 0.2) is 0 Å². The van der Waals surface area contributed by atoms with Crippen LogP contribution in [0.2, 0.25) is 0 Å². The smallest absolute Gasteiger partial charge is 0.200 e. The summed E-state index contributed by atoms with van der Waals surface area (Å²) in [5.74, 6) is -2.71. The molecule has 0 heterocycles. The van der Waals surface area contributed by atoms with E-state index < -0.39 is 10.7 Å². The second-order valence-corrected chi connectivity index (χ2v) is 2.81. The molecule has 0 aromatic carbocycles. The van der Waals surface area contributed by atoms with Crippen LogP contribution in [0.1, 0.15) is 0 Å². The molecule has 9 heavy (non-hydrogen) atoms. The maximum atomic E-state index is 12.4. The highest BCUT2D eigenvalue weighted by Gasteiger charge is 2.33. The first kappa shape index (κ1) is 6.93. The number of hydrogen-bond donors (Lipinski definition) is 0. The van der Waals surface area contributed by atoms with E-state index in [0.29, 0.717) is 0 Å². The monoisotopic (exact) mass is 194 g/mol. The van der Waals surface area contributed by atoms with Gasteiger partial charge in [0.05, 0.1) is 0 Å². The number of halogens is 3. The summed E-state index contributed by atoms with van der Waals surface area (Å²) in [7, 11) is 0. The Hall–Kier alpha value is -0.180. The lowest BCUT2D eigenvalue weighted by molar-refractivity contribution is 0.0652. The fraction of sp³-hybridized carbons (Fsp3) is 0.333. The first-order valence-electron chi connectivity index (χ1n) is 2.51. The lowest BCUT2D eigenvalue weighted by Crippen LogP contribution is -2.25. The SMILES string of the molecule is FC1(F)C=CC=CC1Br. The van der Waals surface area contributed by atoms with Crippen LogP contribution in [0.25, 0.3) is 0 Å². The van der Waals surface area contributed by atoms with Gasteiger partial charge in [0.1, 0.15) is 4.83 Å². The molecule has 0 bridgehead atoms. The average Bonchev–Trinajstić information content (AvgIpc) is 1.77. The molecule has 0 saturated heterocycles. The molecular weight excluding hydrogens is 190 g/mol. The largest absolute Gasteiger partial charge is 0.282 e. The molecule has 1 rings (SSSR count). The van der Waals surface area contributed by atoms with Crippen LogP contribution in [0, 0.1) is 0 Å². The van der Waals surface area contributed by atoms with Crippen molar-refractivity contribution in [1.29, 1.82) is 0 Å². The van der Waals surface area contributed by atoms with Crippen LogP contribution in [0.5, 0.6) is 0 Å². The van der Waals surface area contributed by atoms with Gasteiger partial charge in [-0.1, -0.05) is 34.2 Å². The van der Waals surface area contributed by atoms with Crippen LogP contribution in [0.3, 0.4) is 0 Å². The third kappa shape index (κ3) is 1.39. The van der Waals surface area contributed by atoms with Crippen LogP contribution in [0.15, 0.2) is 24.3 Å². The molecule has 0 fully saturated rings. The van der Waals surface area contributed by atoms with E-state index in [9.17, 15) is 8.78 Å². The molecule has 1 unspecified atom stereocenters. The third-order valence-corrected chi connectivity index (χ3v) is 1.99. The summed E-state index contributed by atoms with van der Waals surface area (Å²) in [4.78, 5) is -0.838. The molecule has 1 aliphatic rings. The fourth-order valence-corrected chi connectivity index (χ4v) is 0.895. The molecule has 3 heteroatoms. The van der Waals surface area contributed by atoms with E-state index in [1.54, 1.807) is 6.08 Å². The summed E-state index contributed by atoms with van der Waals surface area (Å²) < 4.78 is 24.8. The van der Waals surface area contributed by atoms with Gasteiger partial charge >= 0.3 is 0 Å². The van der Waals surface area contributed by atoms with E-state index in [4.69, 9.17) is 0 Å². The minimum Gasteiger partial charge on any atom is -0.200 e. The summed E-state index contributed by atoms with van der Waals surface area (Å²) >= 11 is 2.82. The van der Waals surface area contributed by atoms with Gasteiger partial charge in [0.2, 0.25) is 0 Å². The van der Waals surface area contributed by atoms with Crippen molar-refractivity contribution in [3.05, 3.63) is 24.3 Å². The molecule has 0 aromatic heterocycles. The first-order valence-corrected chi connectivity index (χ1v) is 3.42. The molecule has 0 amide bonds. The Balaban J connectivity index is 2.78. The van der Waals surface area contributed by atoms with Crippen molar-refractivity contribution in [2.24, 2.45) is 0 Å². The van der Waals surface area contributed by atoms with E-state index in [1.165, 1.54) is 12.2 Å². The van der Waals surface area contributed by atoms with Gasteiger partial charge in [-0.2, -0.15) is 0 Å². The van der Waals surface area contributed by atoms with E-state index in [-0.39, 0.29) is 0 Å². The van der Waals surface area contributed by atoms with Gasteiger partial charge in [-0.25, -0.2) is 8.78 Å². The predicted octanol–water partition coefficient (Wildman–Crippen LogP) is 2.51. The zero-order valence-corrected chi connectivity index (χ0v) is 6.11. The number of hydrogen-bond acceptors (Lipinski definition) is 0. The van der Waals surface area contributed by atoms with Crippen molar-refractivity contribution in [1.82, 2.24) is 0 Å². The summed E-state index contributed by atoms with van der Waals surface area (Å²) in [6.45, 7) is 0.